The minimum atomic E-state index is -1.40. The van der Waals surface area contributed by atoms with Crippen molar-refractivity contribution in [1.82, 2.24) is 23.9 Å². The van der Waals surface area contributed by atoms with Gasteiger partial charge in [-0.05, 0) is 93.6 Å². The first-order valence-corrected chi connectivity index (χ1v) is 20.4. The number of piperidine rings is 1. The van der Waals surface area contributed by atoms with Crippen molar-refractivity contribution in [3.63, 3.8) is 0 Å². The summed E-state index contributed by atoms with van der Waals surface area (Å²) in [6.07, 6.45) is 3.14. The number of hydrogen-bond acceptors (Lipinski definition) is 6. The molecule has 53 heavy (non-hydrogen) atoms. The monoisotopic (exact) mass is 780 g/mol. The molecule has 0 spiro atoms. The zero-order valence-electron chi connectivity index (χ0n) is 31.3. The van der Waals surface area contributed by atoms with Crippen LogP contribution < -0.4 is 4.74 Å². The average Bonchev–Trinajstić information content (AvgIpc) is 3.55. The molecule has 3 aliphatic heterocycles. The number of amidine groups is 1. The van der Waals surface area contributed by atoms with E-state index in [1.807, 2.05) is 105 Å². The van der Waals surface area contributed by atoms with Crippen LogP contribution in [0.25, 0.3) is 0 Å². The molecule has 3 aromatic rings. The smallest absolute Gasteiger partial charge is 0.326 e. The highest BCUT2D eigenvalue weighted by Crippen LogP contribution is 2.46. The molecule has 2 fully saturated rings. The van der Waals surface area contributed by atoms with Crippen molar-refractivity contribution in [2.75, 3.05) is 59.5 Å². The number of aliphatic imine (C=N–C) groups is 1. The third-order valence-corrected chi connectivity index (χ3v) is 12.6. The predicted molar refractivity (Wildman–Crippen MR) is 212 cm³/mol. The number of piperazine rings is 1. The normalized spacial score (nSPS) is 20.4. The number of amides is 3. The van der Waals surface area contributed by atoms with Gasteiger partial charge in [0.05, 0.1) is 29.7 Å². The molecule has 3 amide bonds. The predicted octanol–water partition coefficient (Wildman–Crippen LogP) is 7.36. The topological polar surface area (TPSA) is 89.0 Å². The molecule has 6 rings (SSSR count). The van der Waals surface area contributed by atoms with Crippen molar-refractivity contribution in [2.24, 2.45) is 4.99 Å². The van der Waals surface area contributed by atoms with Crippen LogP contribution >= 0.6 is 23.2 Å². The van der Waals surface area contributed by atoms with Crippen LogP contribution in [0.3, 0.4) is 0 Å². The summed E-state index contributed by atoms with van der Waals surface area (Å²) in [5, 5.41) is 1.19. The molecular formula is C40H50Cl2N6O4S. The molecule has 3 aromatic carbocycles. The van der Waals surface area contributed by atoms with Crippen LogP contribution in [0.1, 0.15) is 74.4 Å². The number of benzene rings is 3. The Labute approximate surface area is 326 Å². The summed E-state index contributed by atoms with van der Waals surface area (Å²) in [5.41, 5.74) is 3.23. The number of urea groups is 1. The molecule has 3 aliphatic rings. The summed E-state index contributed by atoms with van der Waals surface area (Å²) in [6, 6.07) is 17.8. The van der Waals surface area contributed by atoms with Crippen LogP contribution in [0.5, 0.6) is 5.75 Å². The molecule has 0 aromatic heterocycles. The van der Waals surface area contributed by atoms with Gasteiger partial charge in [0.25, 0.3) is 0 Å². The van der Waals surface area contributed by atoms with E-state index in [1.54, 1.807) is 9.80 Å². The highest BCUT2D eigenvalue weighted by molar-refractivity contribution is 7.82. The average molecular weight is 782 g/mol. The van der Waals surface area contributed by atoms with Gasteiger partial charge in [-0.25, -0.2) is 13.3 Å². The lowest BCUT2D eigenvalue weighted by Crippen LogP contribution is -2.55. The summed E-state index contributed by atoms with van der Waals surface area (Å²) in [5.74, 6) is 1.08. The number of halogens is 2. The zero-order valence-corrected chi connectivity index (χ0v) is 33.6. The third kappa shape index (κ3) is 8.75. The van der Waals surface area contributed by atoms with Gasteiger partial charge in [-0.1, -0.05) is 53.9 Å². The molecule has 2 saturated heterocycles. The summed E-state index contributed by atoms with van der Waals surface area (Å²) >= 11 is 12.7. The second kappa shape index (κ2) is 17.3. The van der Waals surface area contributed by atoms with Gasteiger partial charge < -0.3 is 14.5 Å². The Morgan fingerprint density at radius 2 is 1.51 bits per heavy atom. The molecule has 3 heterocycles. The van der Waals surface area contributed by atoms with Crippen molar-refractivity contribution in [3.05, 3.63) is 93.0 Å². The van der Waals surface area contributed by atoms with Crippen LogP contribution in [0.2, 0.25) is 10.0 Å². The first-order chi connectivity index (χ1) is 25.5. The van der Waals surface area contributed by atoms with Crippen LogP contribution in [-0.2, 0) is 15.8 Å². The Balaban J connectivity index is 1.44. The van der Waals surface area contributed by atoms with Gasteiger partial charge in [0, 0.05) is 62.4 Å². The number of likely N-dealkylation sites (N-methyl/N-ethyl adjacent to an activating group) is 1. The summed E-state index contributed by atoms with van der Waals surface area (Å²) in [4.78, 5) is 41.6. The lowest BCUT2D eigenvalue weighted by Gasteiger charge is -2.39. The molecule has 0 radical (unpaired) electrons. The van der Waals surface area contributed by atoms with Gasteiger partial charge >= 0.3 is 6.03 Å². The SMILES string of the molecule is CCOc1cc(C)c(S(=O)N2CCCCC2)cc1C1=N[C@@H](c2ccc(Cl)cc2)[C@@H](c2ccc(Cl)cc2)N1C(=O)N1CCN(CC(=O)N(C)C(C)C)CC1. The summed E-state index contributed by atoms with van der Waals surface area (Å²) in [7, 11) is 0.426. The van der Waals surface area contributed by atoms with E-state index in [0.717, 1.165) is 49.0 Å². The molecule has 13 heteroatoms. The van der Waals surface area contributed by atoms with Crippen LogP contribution in [0.15, 0.2) is 70.6 Å². The quantitative estimate of drug-likeness (QED) is 0.215. The fraction of sp³-hybridized carbons (Fsp3) is 0.475. The molecule has 0 bridgehead atoms. The maximum absolute atomic E-state index is 15.1. The van der Waals surface area contributed by atoms with E-state index in [4.69, 9.17) is 32.9 Å². The molecule has 284 valence electrons. The number of carbonyl (C=O) groups excluding carboxylic acids is 2. The molecule has 1 unspecified atom stereocenters. The Morgan fingerprint density at radius 1 is 0.906 bits per heavy atom. The van der Waals surface area contributed by atoms with Crippen LogP contribution in [-0.4, -0.2) is 111 Å². The molecule has 0 N–H and O–H groups in total. The maximum Gasteiger partial charge on any atom is 0.326 e. The minimum Gasteiger partial charge on any atom is -0.493 e. The van der Waals surface area contributed by atoms with Gasteiger partial charge in [-0.15, -0.1) is 0 Å². The van der Waals surface area contributed by atoms with E-state index >= 15 is 4.79 Å². The molecule has 0 aliphatic carbocycles. The van der Waals surface area contributed by atoms with E-state index in [2.05, 4.69) is 4.90 Å². The lowest BCUT2D eigenvalue weighted by molar-refractivity contribution is -0.132. The second-order valence-corrected chi connectivity index (χ2v) is 16.6. The highest BCUT2D eigenvalue weighted by Gasteiger charge is 2.45. The van der Waals surface area contributed by atoms with E-state index in [0.29, 0.717) is 71.4 Å². The minimum absolute atomic E-state index is 0.0583. The van der Waals surface area contributed by atoms with Gasteiger partial charge in [-0.3, -0.25) is 19.6 Å². The Morgan fingerprint density at radius 3 is 2.09 bits per heavy atom. The standard InChI is InChI=1S/C40H50Cl2N6O4S/c1-6-52-34-24-28(4)35(53(51)47-18-8-7-9-19-47)25-33(34)39-43-37(29-10-14-31(41)15-11-29)38(30-12-16-32(42)17-13-30)48(39)40(50)46-22-20-45(21-23-46)26-36(49)44(5)27(2)3/h10-17,24-25,27,37-38H,6-9,18-23,26H2,1-5H3/t37-,38+,53?/m0/s1. The largest absolute Gasteiger partial charge is 0.493 e. The second-order valence-electron chi connectivity index (χ2n) is 14.2. The van der Waals surface area contributed by atoms with Crippen molar-refractivity contribution < 1.29 is 18.5 Å². The number of nitrogens with zero attached hydrogens (tertiary/aromatic N) is 6. The first-order valence-electron chi connectivity index (χ1n) is 18.6. The van der Waals surface area contributed by atoms with Gasteiger partial charge in [0.1, 0.15) is 28.6 Å². The molecule has 10 nitrogen and oxygen atoms in total. The highest BCUT2D eigenvalue weighted by atomic mass is 35.5. The molecular weight excluding hydrogens is 731 g/mol. The number of aryl methyl sites for hydroxylation is 1. The maximum atomic E-state index is 15.1. The zero-order chi connectivity index (χ0) is 37.8. The fourth-order valence-electron chi connectivity index (χ4n) is 7.16. The van der Waals surface area contributed by atoms with Gasteiger partial charge in [0.15, 0.2) is 0 Å². The van der Waals surface area contributed by atoms with Crippen molar-refractivity contribution >= 4 is 52.0 Å². The third-order valence-electron chi connectivity index (χ3n) is 10.4. The lowest BCUT2D eigenvalue weighted by atomic mass is 9.93. The molecule has 0 saturated carbocycles. The van der Waals surface area contributed by atoms with Crippen molar-refractivity contribution in [2.45, 2.75) is 70.0 Å². The van der Waals surface area contributed by atoms with E-state index < -0.39 is 23.1 Å². The molecule has 3 atom stereocenters. The van der Waals surface area contributed by atoms with Gasteiger partial charge in [-0.2, -0.15) is 0 Å². The number of hydrogen-bond donors (Lipinski definition) is 0. The summed E-state index contributed by atoms with van der Waals surface area (Å²) in [6.45, 7) is 12.1. The van der Waals surface area contributed by atoms with E-state index in [1.165, 1.54) is 0 Å². The van der Waals surface area contributed by atoms with Crippen LogP contribution in [0, 0.1) is 6.92 Å². The summed E-state index contributed by atoms with van der Waals surface area (Å²) < 4.78 is 22.4. The Kier molecular flexibility index (Phi) is 12.8. The van der Waals surface area contributed by atoms with E-state index in [-0.39, 0.29) is 18.0 Å². The number of ether oxygens (including phenoxy) is 1. The van der Waals surface area contributed by atoms with Crippen molar-refractivity contribution in [1.29, 1.82) is 0 Å². The Bertz CT molecular complexity index is 1830. The number of carbonyl (C=O) groups is 2. The van der Waals surface area contributed by atoms with Crippen LogP contribution in [0.4, 0.5) is 4.79 Å². The number of rotatable bonds is 10. The van der Waals surface area contributed by atoms with Crippen molar-refractivity contribution in [3.8, 4) is 5.75 Å². The van der Waals surface area contributed by atoms with Gasteiger partial charge in [0.2, 0.25) is 5.91 Å². The van der Waals surface area contributed by atoms with E-state index in [9.17, 15) is 9.00 Å². The fourth-order valence-corrected chi connectivity index (χ4v) is 8.84. The Hall–Kier alpha value is -3.48. The first kappa shape index (κ1) is 39.2.